The van der Waals surface area contributed by atoms with E-state index in [1.807, 2.05) is 27.7 Å². The molecule has 4 atom stereocenters. The number of carbonyl (C=O) groups excluding carboxylic acids is 1. The summed E-state index contributed by atoms with van der Waals surface area (Å²) in [7, 11) is 1.64. The third-order valence-corrected chi connectivity index (χ3v) is 5.67. The van der Waals surface area contributed by atoms with Gasteiger partial charge in [-0.05, 0) is 34.1 Å². The SMILES string of the molecule is COC(C)(C)[C@H]1C[C@]12C1=C(C[C@H](O)[C@@H]2O)C(=O)CC(C)(C)O1. The van der Waals surface area contributed by atoms with E-state index in [1.165, 1.54) is 0 Å². The van der Waals surface area contributed by atoms with Crippen molar-refractivity contribution in [3.63, 3.8) is 0 Å². The van der Waals surface area contributed by atoms with Crippen LogP contribution in [0.1, 0.15) is 47.0 Å². The summed E-state index contributed by atoms with van der Waals surface area (Å²) < 4.78 is 11.7. The number of Topliss-reactive ketones (excluding diaryl/α,β-unsaturated/α-hetero) is 1. The summed E-state index contributed by atoms with van der Waals surface area (Å²) >= 11 is 0. The molecule has 1 fully saturated rings. The Morgan fingerprint density at radius 3 is 2.55 bits per heavy atom. The van der Waals surface area contributed by atoms with Gasteiger partial charge in [0.05, 0.1) is 29.6 Å². The predicted molar refractivity (Wildman–Crippen MR) is 80.1 cm³/mol. The second kappa shape index (κ2) is 4.56. The summed E-state index contributed by atoms with van der Waals surface area (Å²) in [6.07, 6.45) is -0.706. The molecule has 0 saturated heterocycles. The minimum absolute atomic E-state index is 0.0154. The number of ketones is 1. The summed E-state index contributed by atoms with van der Waals surface area (Å²) in [5.74, 6) is 0.640. The van der Waals surface area contributed by atoms with Crippen molar-refractivity contribution in [2.45, 2.75) is 70.4 Å². The maximum absolute atomic E-state index is 12.5. The van der Waals surface area contributed by atoms with Gasteiger partial charge in [-0.25, -0.2) is 0 Å². The number of aliphatic hydroxyl groups excluding tert-OH is 2. The smallest absolute Gasteiger partial charge is 0.166 e. The number of hydrogen-bond acceptors (Lipinski definition) is 5. The molecule has 22 heavy (non-hydrogen) atoms. The third-order valence-electron chi connectivity index (χ3n) is 5.67. The Morgan fingerprint density at radius 1 is 1.32 bits per heavy atom. The van der Waals surface area contributed by atoms with Gasteiger partial charge in [0.1, 0.15) is 11.4 Å². The first-order chi connectivity index (χ1) is 10.0. The van der Waals surface area contributed by atoms with Crippen LogP contribution in [0.5, 0.6) is 0 Å². The summed E-state index contributed by atoms with van der Waals surface area (Å²) in [4.78, 5) is 12.5. The molecular formula is C17H26O5. The van der Waals surface area contributed by atoms with Crippen molar-refractivity contribution in [1.29, 1.82) is 0 Å². The van der Waals surface area contributed by atoms with Gasteiger partial charge < -0.3 is 19.7 Å². The van der Waals surface area contributed by atoms with Gasteiger partial charge in [-0.15, -0.1) is 0 Å². The van der Waals surface area contributed by atoms with Crippen molar-refractivity contribution < 1.29 is 24.5 Å². The van der Waals surface area contributed by atoms with Crippen molar-refractivity contribution in [3.05, 3.63) is 11.3 Å². The van der Waals surface area contributed by atoms with E-state index < -0.39 is 28.8 Å². The monoisotopic (exact) mass is 310 g/mol. The maximum atomic E-state index is 12.5. The molecule has 0 aromatic heterocycles. The van der Waals surface area contributed by atoms with Gasteiger partial charge in [0.15, 0.2) is 5.78 Å². The van der Waals surface area contributed by atoms with Crippen molar-refractivity contribution >= 4 is 5.78 Å². The highest BCUT2D eigenvalue weighted by molar-refractivity contribution is 5.98. The predicted octanol–water partition coefficient (Wildman–Crippen LogP) is 1.57. The van der Waals surface area contributed by atoms with Crippen LogP contribution in [-0.2, 0) is 14.3 Å². The Balaban J connectivity index is 2.08. The molecule has 1 saturated carbocycles. The van der Waals surface area contributed by atoms with Gasteiger partial charge in [-0.3, -0.25) is 4.79 Å². The van der Waals surface area contributed by atoms with E-state index in [2.05, 4.69) is 0 Å². The zero-order valence-corrected chi connectivity index (χ0v) is 14.0. The molecule has 1 spiro atoms. The minimum atomic E-state index is -0.926. The molecule has 3 aliphatic rings. The molecule has 1 aliphatic heterocycles. The maximum Gasteiger partial charge on any atom is 0.166 e. The van der Waals surface area contributed by atoms with Crippen LogP contribution in [0.25, 0.3) is 0 Å². The molecule has 3 rings (SSSR count). The molecular weight excluding hydrogens is 284 g/mol. The summed E-state index contributed by atoms with van der Waals surface area (Å²) in [6.45, 7) is 7.71. The Morgan fingerprint density at radius 2 is 1.95 bits per heavy atom. The summed E-state index contributed by atoms with van der Waals surface area (Å²) in [5, 5.41) is 20.9. The van der Waals surface area contributed by atoms with Crippen LogP contribution in [0.4, 0.5) is 0 Å². The fourth-order valence-electron chi connectivity index (χ4n) is 4.24. The normalized spacial score (nSPS) is 40.5. The lowest BCUT2D eigenvalue weighted by Gasteiger charge is -2.44. The Labute approximate surface area is 131 Å². The number of hydrogen-bond donors (Lipinski definition) is 2. The largest absolute Gasteiger partial charge is 0.491 e. The number of methoxy groups -OCH3 is 1. The van der Waals surface area contributed by atoms with Crippen molar-refractivity contribution in [2.24, 2.45) is 11.3 Å². The molecule has 0 bridgehead atoms. The summed E-state index contributed by atoms with van der Waals surface area (Å²) in [5.41, 5.74) is -1.16. The molecule has 124 valence electrons. The minimum Gasteiger partial charge on any atom is -0.491 e. The highest BCUT2D eigenvalue weighted by atomic mass is 16.5. The van der Waals surface area contributed by atoms with Crippen LogP contribution in [-0.4, -0.2) is 46.5 Å². The number of rotatable bonds is 2. The lowest BCUT2D eigenvalue weighted by molar-refractivity contribution is -0.134. The van der Waals surface area contributed by atoms with E-state index in [0.717, 1.165) is 0 Å². The Hall–Kier alpha value is -0.910. The molecule has 0 unspecified atom stereocenters. The van der Waals surface area contributed by atoms with Crippen molar-refractivity contribution in [1.82, 2.24) is 0 Å². The summed E-state index contributed by atoms with van der Waals surface area (Å²) in [6, 6.07) is 0. The number of aliphatic hydroxyl groups is 2. The average Bonchev–Trinajstić information content (AvgIpc) is 3.15. The number of carbonyl (C=O) groups is 1. The van der Waals surface area contributed by atoms with Crippen LogP contribution in [0.3, 0.4) is 0 Å². The molecule has 2 aliphatic carbocycles. The topological polar surface area (TPSA) is 76.0 Å². The van der Waals surface area contributed by atoms with Crippen LogP contribution in [0.2, 0.25) is 0 Å². The highest BCUT2D eigenvalue weighted by Crippen LogP contribution is 2.69. The molecule has 0 aromatic rings. The molecule has 1 heterocycles. The molecule has 0 aromatic carbocycles. The van der Waals surface area contributed by atoms with Crippen LogP contribution < -0.4 is 0 Å². The lowest BCUT2D eigenvalue weighted by Crippen LogP contribution is -2.49. The lowest BCUT2D eigenvalue weighted by atomic mass is 9.73. The van der Waals surface area contributed by atoms with E-state index in [1.54, 1.807) is 7.11 Å². The second-order valence-corrected chi connectivity index (χ2v) is 8.09. The van der Waals surface area contributed by atoms with Crippen LogP contribution in [0.15, 0.2) is 11.3 Å². The van der Waals surface area contributed by atoms with Gasteiger partial charge in [0.25, 0.3) is 0 Å². The molecule has 5 heteroatoms. The number of ether oxygens (including phenoxy) is 2. The van der Waals surface area contributed by atoms with E-state index in [4.69, 9.17) is 9.47 Å². The second-order valence-electron chi connectivity index (χ2n) is 8.09. The molecule has 0 radical (unpaired) electrons. The first-order valence-corrected chi connectivity index (χ1v) is 7.92. The van der Waals surface area contributed by atoms with E-state index in [0.29, 0.717) is 24.2 Å². The van der Waals surface area contributed by atoms with Gasteiger partial charge >= 0.3 is 0 Å². The van der Waals surface area contributed by atoms with Crippen molar-refractivity contribution in [2.75, 3.05) is 7.11 Å². The zero-order chi connectivity index (χ0) is 16.5. The quantitative estimate of drug-likeness (QED) is 0.809. The van der Waals surface area contributed by atoms with Crippen molar-refractivity contribution in [3.8, 4) is 0 Å². The van der Waals surface area contributed by atoms with Gasteiger partial charge in [-0.2, -0.15) is 0 Å². The van der Waals surface area contributed by atoms with Gasteiger partial charge in [0.2, 0.25) is 0 Å². The fraction of sp³-hybridized carbons (Fsp3) is 0.824. The van der Waals surface area contributed by atoms with Crippen LogP contribution in [0, 0.1) is 11.3 Å². The fourth-order valence-corrected chi connectivity index (χ4v) is 4.24. The van der Waals surface area contributed by atoms with Gasteiger partial charge in [0, 0.05) is 25.0 Å². The third kappa shape index (κ3) is 2.06. The Kier molecular flexibility index (Phi) is 3.31. The standard InChI is InChI=1S/C17H26O5/c1-15(2)7-11(19)9-6-10(18)13(20)17(14(9)22-15)8-12(17)16(3,4)21-5/h10,12-13,18,20H,6-8H2,1-5H3/t10-,12+,13-,17-/m0/s1. The first kappa shape index (κ1) is 16.0. The highest BCUT2D eigenvalue weighted by Gasteiger charge is 2.71. The van der Waals surface area contributed by atoms with E-state index in [-0.39, 0.29) is 18.1 Å². The van der Waals surface area contributed by atoms with E-state index >= 15 is 0 Å². The van der Waals surface area contributed by atoms with Gasteiger partial charge in [-0.1, -0.05) is 0 Å². The zero-order valence-electron chi connectivity index (χ0n) is 14.0. The Bertz CT molecular complexity index is 547. The van der Waals surface area contributed by atoms with Crippen LogP contribution >= 0.6 is 0 Å². The van der Waals surface area contributed by atoms with E-state index in [9.17, 15) is 15.0 Å². The number of fused-ring (bicyclic) bond motifs is 1. The molecule has 0 amide bonds. The average molecular weight is 310 g/mol. The molecule has 5 nitrogen and oxygen atoms in total. The molecule has 2 N–H and O–H groups in total. The first-order valence-electron chi connectivity index (χ1n) is 7.92.